The van der Waals surface area contributed by atoms with Gasteiger partial charge < -0.3 is 10.1 Å². The van der Waals surface area contributed by atoms with Crippen LogP contribution in [-0.2, 0) is 16.1 Å². The summed E-state index contributed by atoms with van der Waals surface area (Å²) in [7, 11) is 1.60. The highest BCUT2D eigenvalue weighted by Crippen LogP contribution is 2.34. The number of thiocarbonyl (C=S) groups is 1. The van der Waals surface area contributed by atoms with Gasteiger partial charge in [0.25, 0.3) is 11.5 Å². The van der Waals surface area contributed by atoms with Gasteiger partial charge in [-0.05, 0) is 30.7 Å². The van der Waals surface area contributed by atoms with Crippen LogP contribution in [0.25, 0.3) is 11.7 Å². The van der Waals surface area contributed by atoms with Gasteiger partial charge in [-0.25, -0.2) is 4.98 Å². The van der Waals surface area contributed by atoms with Gasteiger partial charge in [-0.2, -0.15) is 0 Å². The molecule has 1 aliphatic rings. The molecule has 0 radical (unpaired) electrons. The lowest BCUT2D eigenvalue weighted by Crippen LogP contribution is -2.27. The van der Waals surface area contributed by atoms with Crippen LogP contribution in [0.2, 0.25) is 0 Å². The second-order valence-corrected chi connectivity index (χ2v) is 8.96. The first-order valence-electron chi connectivity index (χ1n) is 10.0. The van der Waals surface area contributed by atoms with Gasteiger partial charge in [0.2, 0.25) is 0 Å². The summed E-state index contributed by atoms with van der Waals surface area (Å²) in [4.78, 5) is 32.8. The number of methoxy groups -OCH3 is 1. The van der Waals surface area contributed by atoms with E-state index >= 15 is 0 Å². The van der Waals surface area contributed by atoms with E-state index in [2.05, 4.69) is 10.3 Å². The van der Waals surface area contributed by atoms with Gasteiger partial charge in [0.1, 0.15) is 15.8 Å². The predicted molar refractivity (Wildman–Crippen MR) is 132 cm³/mol. The molecule has 3 heterocycles. The fraction of sp³-hybridized carbons (Fsp3) is 0.217. The molecule has 0 saturated carbocycles. The van der Waals surface area contributed by atoms with Crippen molar-refractivity contribution >= 4 is 51.7 Å². The van der Waals surface area contributed by atoms with Gasteiger partial charge in [0.15, 0.2) is 0 Å². The first-order valence-corrected chi connectivity index (χ1v) is 11.3. The molecule has 7 nitrogen and oxygen atoms in total. The van der Waals surface area contributed by atoms with Gasteiger partial charge in [-0.1, -0.05) is 59.9 Å². The van der Waals surface area contributed by atoms with E-state index in [1.54, 1.807) is 36.4 Å². The van der Waals surface area contributed by atoms with Crippen LogP contribution < -0.4 is 10.9 Å². The molecular formula is C23H22N4O3S2. The number of hydrogen-bond acceptors (Lipinski definition) is 7. The molecule has 4 rings (SSSR count). The highest BCUT2D eigenvalue weighted by Gasteiger charge is 2.32. The molecule has 1 amide bonds. The smallest absolute Gasteiger partial charge is 0.267 e. The van der Waals surface area contributed by atoms with Gasteiger partial charge in [-0.3, -0.25) is 18.9 Å². The molecule has 9 heteroatoms. The molecule has 3 aromatic rings. The van der Waals surface area contributed by atoms with Crippen molar-refractivity contribution in [1.82, 2.24) is 14.3 Å². The number of rotatable bonds is 7. The molecular weight excluding hydrogens is 444 g/mol. The van der Waals surface area contributed by atoms with E-state index in [-0.39, 0.29) is 11.5 Å². The van der Waals surface area contributed by atoms with Crippen LogP contribution in [-0.4, -0.2) is 44.8 Å². The Kier molecular flexibility index (Phi) is 6.69. The molecule has 0 bridgehead atoms. The number of nitrogens with zero attached hydrogens (tertiary/aromatic N) is 3. The van der Waals surface area contributed by atoms with Crippen LogP contribution in [0.3, 0.4) is 0 Å². The van der Waals surface area contributed by atoms with E-state index in [1.807, 2.05) is 37.3 Å². The van der Waals surface area contributed by atoms with E-state index in [1.165, 1.54) is 16.2 Å². The van der Waals surface area contributed by atoms with Gasteiger partial charge in [-0.15, -0.1) is 0 Å². The minimum absolute atomic E-state index is 0.221. The average molecular weight is 467 g/mol. The lowest BCUT2D eigenvalue weighted by molar-refractivity contribution is -0.122. The SMILES string of the molecule is COCCNc1nc2ccccn2c(=O)c1/C=C1/SC(=S)N(Cc2ccc(C)cc2)C1=O. The number of pyridine rings is 1. The molecule has 32 heavy (non-hydrogen) atoms. The number of hydrogen-bond donors (Lipinski definition) is 1. The van der Waals surface area contributed by atoms with Crippen molar-refractivity contribution in [3.8, 4) is 0 Å². The monoisotopic (exact) mass is 466 g/mol. The van der Waals surface area contributed by atoms with Crippen molar-refractivity contribution in [1.29, 1.82) is 0 Å². The minimum atomic E-state index is -0.265. The number of anilines is 1. The number of aromatic nitrogens is 2. The third kappa shape index (κ3) is 4.59. The number of thioether (sulfide) groups is 1. The van der Waals surface area contributed by atoms with E-state index in [0.717, 1.165) is 11.1 Å². The van der Waals surface area contributed by atoms with Crippen LogP contribution in [0.15, 0.2) is 58.4 Å². The average Bonchev–Trinajstić information content (AvgIpc) is 3.05. The first-order chi connectivity index (χ1) is 15.5. The number of carbonyl (C=O) groups excluding carboxylic acids is 1. The van der Waals surface area contributed by atoms with E-state index in [4.69, 9.17) is 17.0 Å². The summed E-state index contributed by atoms with van der Waals surface area (Å²) in [5.74, 6) is 0.183. The molecule has 1 aliphatic heterocycles. The van der Waals surface area contributed by atoms with Crippen LogP contribution in [0, 0.1) is 6.92 Å². The summed E-state index contributed by atoms with van der Waals surface area (Å²) in [6, 6.07) is 13.3. The largest absolute Gasteiger partial charge is 0.383 e. The number of nitrogens with one attached hydrogen (secondary N) is 1. The zero-order chi connectivity index (χ0) is 22.7. The third-order valence-corrected chi connectivity index (χ3v) is 6.36. The van der Waals surface area contributed by atoms with Crippen molar-refractivity contribution in [2.45, 2.75) is 13.5 Å². The molecule has 0 atom stereocenters. The van der Waals surface area contributed by atoms with Crippen LogP contribution >= 0.6 is 24.0 Å². The number of aryl methyl sites for hydroxylation is 1. The van der Waals surface area contributed by atoms with Crippen LogP contribution in [0.4, 0.5) is 5.82 Å². The Morgan fingerprint density at radius 2 is 1.97 bits per heavy atom. The van der Waals surface area contributed by atoms with E-state index in [9.17, 15) is 9.59 Å². The molecule has 0 unspecified atom stereocenters. The standard InChI is InChI=1S/C23H22N4O3S2/c1-15-6-8-16(9-7-15)14-27-22(29)18(32-23(27)31)13-17-20(24-10-12-30-2)25-19-5-3-4-11-26(19)21(17)28/h3-9,11,13,24H,10,12,14H2,1-2H3/b18-13+. The normalized spacial score (nSPS) is 15.2. The summed E-state index contributed by atoms with van der Waals surface area (Å²) in [5.41, 5.74) is 2.70. The summed E-state index contributed by atoms with van der Waals surface area (Å²) in [5, 5.41) is 3.14. The quantitative estimate of drug-likeness (QED) is 0.325. The molecule has 0 aliphatic carbocycles. The topological polar surface area (TPSA) is 75.9 Å². The summed E-state index contributed by atoms with van der Waals surface area (Å²) < 4.78 is 7.01. The predicted octanol–water partition coefficient (Wildman–Crippen LogP) is 3.46. The van der Waals surface area contributed by atoms with Crippen LogP contribution in [0.1, 0.15) is 16.7 Å². The Bertz CT molecular complexity index is 1270. The van der Waals surface area contributed by atoms with E-state index in [0.29, 0.717) is 46.0 Å². The summed E-state index contributed by atoms with van der Waals surface area (Å²) >= 11 is 6.65. The molecule has 1 N–H and O–H groups in total. The third-order valence-electron chi connectivity index (χ3n) is 4.98. The fourth-order valence-electron chi connectivity index (χ4n) is 3.28. The summed E-state index contributed by atoms with van der Waals surface area (Å²) in [6.45, 7) is 3.33. The number of amides is 1. The second kappa shape index (κ2) is 9.64. The maximum absolute atomic E-state index is 13.2. The molecule has 1 aromatic carbocycles. The second-order valence-electron chi connectivity index (χ2n) is 7.28. The number of carbonyl (C=O) groups is 1. The summed E-state index contributed by atoms with van der Waals surface area (Å²) in [6.07, 6.45) is 3.24. The van der Waals surface area contributed by atoms with Crippen molar-refractivity contribution in [2.24, 2.45) is 0 Å². The highest BCUT2D eigenvalue weighted by molar-refractivity contribution is 8.26. The first kappa shape index (κ1) is 22.2. The Balaban J connectivity index is 1.69. The lowest BCUT2D eigenvalue weighted by atomic mass is 10.1. The van der Waals surface area contributed by atoms with Crippen molar-refractivity contribution in [3.05, 3.63) is 80.6 Å². The minimum Gasteiger partial charge on any atom is -0.383 e. The van der Waals surface area contributed by atoms with Crippen LogP contribution in [0.5, 0.6) is 0 Å². The zero-order valence-electron chi connectivity index (χ0n) is 17.7. The Morgan fingerprint density at radius 1 is 1.19 bits per heavy atom. The molecule has 1 saturated heterocycles. The van der Waals surface area contributed by atoms with Gasteiger partial charge in [0, 0.05) is 19.9 Å². The Morgan fingerprint density at radius 3 is 2.72 bits per heavy atom. The molecule has 1 fully saturated rings. The van der Waals surface area contributed by atoms with Crippen molar-refractivity contribution in [2.75, 3.05) is 25.6 Å². The molecule has 2 aromatic heterocycles. The lowest BCUT2D eigenvalue weighted by Gasteiger charge is -2.14. The van der Waals surface area contributed by atoms with Gasteiger partial charge >= 0.3 is 0 Å². The molecule has 164 valence electrons. The van der Waals surface area contributed by atoms with Crippen molar-refractivity contribution in [3.63, 3.8) is 0 Å². The fourth-order valence-corrected chi connectivity index (χ4v) is 4.52. The highest BCUT2D eigenvalue weighted by atomic mass is 32.2. The molecule has 0 spiro atoms. The van der Waals surface area contributed by atoms with E-state index < -0.39 is 0 Å². The Hall–Kier alpha value is -3.01. The number of fused-ring (bicyclic) bond motifs is 1. The Labute approximate surface area is 195 Å². The number of ether oxygens (including phenoxy) is 1. The van der Waals surface area contributed by atoms with Gasteiger partial charge in [0.05, 0.1) is 23.6 Å². The maximum atomic E-state index is 13.2. The number of benzene rings is 1. The maximum Gasteiger partial charge on any atom is 0.267 e. The van der Waals surface area contributed by atoms with Crippen molar-refractivity contribution < 1.29 is 9.53 Å². The zero-order valence-corrected chi connectivity index (χ0v) is 19.3.